The molecule has 0 bridgehead atoms. The maximum absolute atomic E-state index is 8.85. The molecule has 0 aliphatic carbocycles. The molecule has 0 aliphatic rings. The molecule has 0 fully saturated rings. The second-order valence-electron chi connectivity index (χ2n) is 5.88. The van der Waals surface area contributed by atoms with E-state index < -0.39 is 0 Å². The van der Waals surface area contributed by atoms with Gasteiger partial charge in [-0.3, -0.25) is 0 Å². The number of nitrogens with zero attached hydrogens (tertiary/aromatic N) is 1. The third-order valence-corrected chi connectivity index (χ3v) is 3.19. The number of ether oxygens (including phenoxy) is 1. The Bertz CT molecular complexity index is 615. The van der Waals surface area contributed by atoms with Crippen LogP contribution in [0.2, 0.25) is 0 Å². The smallest absolute Gasteiger partial charge is 0.121 e. The molecule has 0 saturated heterocycles. The molecule has 2 nitrogen and oxygen atoms in total. The lowest BCUT2D eigenvalue weighted by atomic mass is 9.87. The van der Waals surface area contributed by atoms with Crippen LogP contribution in [0.25, 0.3) is 0 Å². The van der Waals surface area contributed by atoms with Crippen molar-refractivity contribution in [1.29, 1.82) is 5.26 Å². The van der Waals surface area contributed by atoms with E-state index in [2.05, 4.69) is 51.1 Å². The third kappa shape index (κ3) is 3.61. The molecule has 20 heavy (non-hydrogen) atoms. The van der Waals surface area contributed by atoms with E-state index in [0.29, 0.717) is 12.2 Å². The van der Waals surface area contributed by atoms with Gasteiger partial charge in [0.1, 0.15) is 12.4 Å². The Morgan fingerprint density at radius 1 is 1.05 bits per heavy atom. The minimum Gasteiger partial charge on any atom is -0.489 e. The van der Waals surface area contributed by atoms with Crippen LogP contribution in [0, 0.1) is 11.3 Å². The minimum atomic E-state index is 0.167. The minimum absolute atomic E-state index is 0.167. The number of benzene rings is 2. The molecule has 0 amide bonds. The fraction of sp³-hybridized carbons (Fsp3) is 0.278. The Hall–Kier alpha value is -2.27. The largest absolute Gasteiger partial charge is 0.489 e. The molecule has 0 aromatic heterocycles. The highest BCUT2D eigenvalue weighted by Gasteiger charge is 2.12. The molecule has 0 saturated carbocycles. The highest BCUT2D eigenvalue weighted by Crippen LogP contribution is 2.22. The van der Waals surface area contributed by atoms with Gasteiger partial charge in [0.2, 0.25) is 0 Å². The Labute approximate surface area is 120 Å². The predicted molar refractivity (Wildman–Crippen MR) is 80.6 cm³/mol. The average molecular weight is 265 g/mol. The first-order valence-corrected chi connectivity index (χ1v) is 6.71. The van der Waals surface area contributed by atoms with Crippen molar-refractivity contribution in [3.05, 3.63) is 65.2 Å². The summed E-state index contributed by atoms with van der Waals surface area (Å²) in [6, 6.07) is 17.8. The molecule has 2 heteroatoms. The molecule has 0 N–H and O–H groups in total. The zero-order valence-corrected chi connectivity index (χ0v) is 12.2. The zero-order chi connectivity index (χ0) is 14.6. The maximum atomic E-state index is 8.85. The lowest BCUT2D eigenvalue weighted by Crippen LogP contribution is -2.10. The van der Waals surface area contributed by atoms with Crippen LogP contribution in [-0.2, 0) is 12.0 Å². The molecule has 2 aromatic rings. The fourth-order valence-corrected chi connectivity index (χ4v) is 1.92. The van der Waals surface area contributed by atoms with Crippen LogP contribution in [0.1, 0.15) is 37.5 Å². The van der Waals surface area contributed by atoms with Crippen LogP contribution in [-0.4, -0.2) is 0 Å². The normalized spacial score (nSPS) is 10.9. The summed E-state index contributed by atoms with van der Waals surface area (Å²) in [6.45, 7) is 7.11. The quantitative estimate of drug-likeness (QED) is 0.822. The van der Waals surface area contributed by atoms with Crippen LogP contribution in [0.4, 0.5) is 0 Å². The van der Waals surface area contributed by atoms with Crippen molar-refractivity contribution in [3.63, 3.8) is 0 Å². The van der Waals surface area contributed by atoms with E-state index in [-0.39, 0.29) is 5.41 Å². The van der Waals surface area contributed by atoms with Crippen molar-refractivity contribution in [1.82, 2.24) is 0 Å². The summed E-state index contributed by atoms with van der Waals surface area (Å²) in [5.74, 6) is 0.726. The van der Waals surface area contributed by atoms with Gasteiger partial charge in [-0.25, -0.2) is 0 Å². The summed E-state index contributed by atoms with van der Waals surface area (Å²) in [7, 11) is 0. The number of hydrogen-bond acceptors (Lipinski definition) is 2. The van der Waals surface area contributed by atoms with Gasteiger partial charge in [0.25, 0.3) is 0 Å². The van der Waals surface area contributed by atoms with Crippen molar-refractivity contribution < 1.29 is 4.74 Å². The van der Waals surface area contributed by atoms with Gasteiger partial charge in [-0.15, -0.1) is 0 Å². The maximum Gasteiger partial charge on any atom is 0.121 e. The van der Waals surface area contributed by atoms with Gasteiger partial charge in [0, 0.05) is 0 Å². The standard InChI is InChI=1S/C18H19NO/c1-18(2,3)16-9-7-14(8-10-16)13-20-17-6-4-5-15(11-17)12-19/h4-11H,13H2,1-3H3. The summed E-state index contributed by atoms with van der Waals surface area (Å²) in [5.41, 5.74) is 3.22. The monoisotopic (exact) mass is 265 g/mol. The number of rotatable bonds is 3. The topological polar surface area (TPSA) is 33.0 Å². The molecule has 102 valence electrons. The van der Waals surface area contributed by atoms with Crippen molar-refractivity contribution in [2.24, 2.45) is 0 Å². The lowest BCUT2D eigenvalue weighted by molar-refractivity contribution is 0.306. The molecular formula is C18H19NO. The van der Waals surface area contributed by atoms with Crippen molar-refractivity contribution >= 4 is 0 Å². The van der Waals surface area contributed by atoms with E-state index in [1.54, 1.807) is 12.1 Å². The van der Waals surface area contributed by atoms with Gasteiger partial charge in [-0.2, -0.15) is 5.26 Å². The summed E-state index contributed by atoms with van der Waals surface area (Å²) < 4.78 is 5.71. The molecule has 2 aromatic carbocycles. The highest BCUT2D eigenvalue weighted by molar-refractivity contribution is 5.36. The van der Waals surface area contributed by atoms with Crippen molar-refractivity contribution in [3.8, 4) is 11.8 Å². The first-order valence-electron chi connectivity index (χ1n) is 6.71. The van der Waals surface area contributed by atoms with Crippen LogP contribution in [0.3, 0.4) is 0 Å². The summed E-state index contributed by atoms with van der Waals surface area (Å²) in [5, 5.41) is 8.85. The highest BCUT2D eigenvalue weighted by atomic mass is 16.5. The van der Waals surface area contributed by atoms with Crippen LogP contribution >= 0.6 is 0 Å². The van der Waals surface area contributed by atoms with Gasteiger partial charge in [-0.05, 0) is 34.7 Å². The van der Waals surface area contributed by atoms with Gasteiger partial charge in [0.15, 0.2) is 0 Å². The van der Waals surface area contributed by atoms with E-state index in [1.165, 1.54) is 5.56 Å². The zero-order valence-electron chi connectivity index (χ0n) is 12.2. The van der Waals surface area contributed by atoms with Gasteiger partial charge >= 0.3 is 0 Å². The molecule has 0 spiro atoms. The Kier molecular flexibility index (Phi) is 4.10. The van der Waals surface area contributed by atoms with Gasteiger partial charge < -0.3 is 4.74 Å². The van der Waals surface area contributed by atoms with Crippen molar-refractivity contribution in [2.45, 2.75) is 32.8 Å². The molecule has 0 unspecified atom stereocenters. The molecule has 2 rings (SSSR count). The van der Waals surface area contributed by atoms with E-state index in [4.69, 9.17) is 10.00 Å². The van der Waals surface area contributed by atoms with Crippen LogP contribution in [0.5, 0.6) is 5.75 Å². The third-order valence-electron chi connectivity index (χ3n) is 3.19. The van der Waals surface area contributed by atoms with E-state index >= 15 is 0 Å². The van der Waals surface area contributed by atoms with E-state index in [0.717, 1.165) is 11.3 Å². The predicted octanol–water partition coefficient (Wildman–Crippen LogP) is 4.43. The SMILES string of the molecule is CC(C)(C)c1ccc(COc2cccc(C#N)c2)cc1. The van der Waals surface area contributed by atoms with Gasteiger partial charge in [-0.1, -0.05) is 51.1 Å². The molecular weight excluding hydrogens is 246 g/mol. The summed E-state index contributed by atoms with van der Waals surface area (Å²) in [6.07, 6.45) is 0. The molecule has 0 aliphatic heterocycles. The second kappa shape index (κ2) is 5.79. The van der Waals surface area contributed by atoms with E-state index in [1.807, 2.05) is 12.1 Å². The lowest BCUT2D eigenvalue weighted by Gasteiger charge is -2.19. The second-order valence-corrected chi connectivity index (χ2v) is 5.88. The van der Waals surface area contributed by atoms with Crippen molar-refractivity contribution in [2.75, 3.05) is 0 Å². The molecule has 0 heterocycles. The first kappa shape index (κ1) is 14.1. The Morgan fingerprint density at radius 3 is 2.35 bits per heavy atom. The fourth-order valence-electron chi connectivity index (χ4n) is 1.92. The van der Waals surface area contributed by atoms with E-state index in [9.17, 15) is 0 Å². The number of hydrogen-bond donors (Lipinski definition) is 0. The van der Waals surface area contributed by atoms with Gasteiger partial charge in [0.05, 0.1) is 11.6 Å². The van der Waals surface area contributed by atoms with Crippen LogP contribution < -0.4 is 4.74 Å². The number of nitriles is 1. The molecule has 0 atom stereocenters. The van der Waals surface area contributed by atoms with Crippen LogP contribution in [0.15, 0.2) is 48.5 Å². The Balaban J connectivity index is 2.02. The Morgan fingerprint density at radius 2 is 1.75 bits per heavy atom. The first-order chi connectivity index (χ1) is 9.49. The molecule has 0 radical (unpaired) electrons. The summed E-state index contributed by atoms with van der Waals surface area (Å²) >= 11 is 0. The summed E-state index contributed by atoms with van der Waals surface area (Å²) in [4.78, 5) is 0. The average Bonchev–Trinajstić information content (AvgIpc) is 2.45.